The fourth-order valence-electron chi connectivity index (χ4n) is 7.69. The zero-order chi connectivity index (χ0) is 20.1. The maximum atomic E-state index is 13.5. The predicted molar refractivity (Wildman–Crippen MR) is 116 cm³/mol. The van der Waals surface area contributed by atoms with Crippen LogP contribution in [0.2, 0.25) is 0 Å². The zero-order valence-corrected chi connectivity index (χ0v) is 18.9. The van der Waals surface area contributed by atoms with Crippen LogP contribution in [0.1, 0.15) is 72.1 Å². The minimum absolute atomic E-state index is 0. The topological polar surface area (TPSA) is 81.8 Å². The largest absolute Gasteiger partial charge is 0.394 e. The number of nitrogens with zero attached hydrogens (tertiary/aromatic N) is 1. The quantitative estimate of drug-likeness (QED) is 0.542. The van der Waals surface area contributed by atoms with E-state index in [1.807, 2.05) is 0 Å². The lowest BCUT2D eigenvalue weighted by Crippen LogP contribution is -2.59. The van der Waals surface area contributed by atoms with Crippen LogP contribution in [0.5, 0.6) is 0 Å². The molecule has 7 atom stereocenters. The molecule has 1 unspecified atom stereocenters. The van der Waals surface area contributed by atoms with Crippen LogP contribution in [-0.4, -0.2) is 30.4 Å². The Morgan fingerprint density at radius 1 is 1.14 bits per heavy atom. The van der Waals surface area contributed by atoms with Gasteiger partial charge in [-0.05, 0) is 61.7 Å². The van der Waals surface area contributed by atoms with Gasteiger partial charge >= 0.3 is 0 Å². The SMILES string of the molecule is CC[C@H]1/C(=N\OCCN)CC[C@@]2(C)C1C(=O)C[C@@H]1[C@@H]2CC[C@]2(C)C(=O)CC[C@@H]12.Cl. The Morgan fingerprint density at radius 3 is 2.59 bits per heavy atom. The van der Waals surface area contributed by atoms with E-state index in [1.54, 1.807) is 0 Å². The van der Waals surface area contributed by atoms with Crippen LogP contribution in [-0.2, 0) is 14.4 Å². The predicted octanol–water partition coefficient (Wildman–Crippen LogP) is 4.17. The van der Waals surface area contributed by atoms with Crippen molar-refractivity contribution in [3.8, 4) is 0 Å². The van der Waals surface area contributed by atoms with E-state index in [1.165, 1.54) is 0 Å². The van der Waals surface area contributed by atoms with Crippen LogP contribution in [0.15, 0.2) is 5.16 Å². The molecule has 5 nitrogen and oxygen atoms in total. The summed E-state index contributed by atoms with van der Waals surface area (Å²) in [5.41, 5.74) is 6.44. The summed E-state index contributed by atoms with van der Waals surface area (Å²) in [7, 11) is 0. The Kier molecular flexibility index (Phi) is 6.51. The minimum atomic E-state index is -0.174. The highest BCUT2D eigenvalue weighted by Crippen LogP contribution is 2.65. The lowest BCUT2D eigenvalue weighted by atomic mass is 9.43. The molecule has 4 aliphatic carbocycles. The third-order valence-corrected chi connectivity index (χ3v) is 9.07. The van der Waals surface area contributed by atoms with Gasteiger partial charge in [0.15, 0.2) is 0 Å². The zero-order valence-electron chi connectivity index (χ0n) is 18.1. The van der Waals surface area contributed by atoms with Gasteiger partial charge in [-0.25, -0.2) is 0 Å². The number of Topliss-reactive ketones (excluding diaryl/α,β-unsaturated/α-hetero) is 2. The summed E-state index contributed by atoms with van der Waals surface area (Å²) in [6.45, 7) is 7.59. The van der Waals surface area contributed by atoms with Gasteiger partial charge in [-0.3, -0.25) is 9.59 Å². The lowest BCUT2D eigenvalue weighted by Gasteiger charge is -2.60. The molecule has 0 amide bonds. The van der Waals surface area contributed by atoms with Crippen molar-refractivity contribution in [3.63, 3.8) is 0 Å². The smallest absolute Gasteiger partial charge is 0.139 e. The van der Waals surface area contributed by atoms with Gasteiger partial charge in [0, 0.05) is 36.6 Å². The molecule has 29 heavy (non-hydrogen) atoms. The maximum Gasteiger partial charge on any atom is 0.139 e. The monoisotopic (exact) mass is 424 g/mol. The van der Waals surface area contributed by atoms with Crippen LogP contribution >= 0.6 is 12.4 Å². The van der Waals surface area contributed by atoms with Crippen LogP contribution in [0.4, 0.5) is 0 Å². The second-order valence-corrected chi connectivity index (χ2v) is 10.2. The Labute approximate surface area is 181 Å². The van der Waals surface area contributed by atoms with Crippen LogP contribution in [0.3, 0.4) is 0 Å². The molecule has 4 saturated carbocycles. The summed E-state index contributed by atoms with van der Waals surface area (Å²) >= 11 is 0. The summed E-state index contributed by atoms with van der Waals surface area (Å²) in [6.07, 6.45) is 7.30. The van der Waals surface area contributed by atoms with E-state index in [2.05, 4.69) is 25.9 Å². The number of fused-ring (bicyclic) bond motifs is 5. The normalized spacial score (nSPS) is 45.2. The number of rotatable bonds is 4. The number of hydrogen-bond acceptors (Lipinski definition) is 5. The number of carbonyl (C=O) groups excluding carboxylic acids is 2. The molecule has 6 heteroatoms. The van der Waals surface area contributed by atoms with E-state index in [0.717, 1.165) is 44.2 Å². The highest BCUT2D eigenvalue weighted by atomic mass is 35.5. The fraction of sp³-hybridized carbons (Fsp3) is 0.870. The standard InChI is InChI=1S/C23H36N2O3.ClH/c1-4-14-18(25-28-12-11-24)8-10-23(3)17-7-9-22(2)16(5-6-20(22)27)15(17)13-19(26)21(14)23;/h14-17,21H,4-13,24H2,1-3H3;1H/b25-18-;/t14-,15-,16-,17-,21?,22-,23+;/m0./s1. The van der Waals surface area contributed by atoms with Gasteiger partial charge in [0.1, 0.15) is 18.2 Å². The van der Waals surface area contributed by atoms with Crippen molar-refractivity contribution in [1.82, 2.24) is 0 Å². The molecule has 2 N–H and O–H groups in total. The van der Waals surface area contributed by atoms with E-state index in [0.29, 0.717) is 55.3 Å². The average molecular weight is 425 g/mol. The number of oxime groups is 1. The van der Waals surface area contributed by atoms with E-state index in [4.69, 9.17) is 10.6 Å². The maximum absolute atomic E-state index is 13.5. The van der Waals surface area contributed by atoms with Crippen LogP contribution in [0.25, 0.3) is 0 Å². The van der Waals surface area contributed by atoms with Gasteiger partial charge in [0.25, 0.3) is 0 Å². The molecule has 0 saturated heterocycles. The van der Waals surface area contributed by atoms with Gasteiger partial charge in [0.2, 0.25) is 0 Å². The van der Waals surface area contributed by atoms with E-state index >= 15 is 0 Å². The molecule has 0 aromatic heterocycles. The molecule has 4 aliphatic rings. The van der Waals surface area contributed by atoms with Gasteiger partial charge in [-0.2, -0.15) is 0 Å². The molecule has 0 aliphatic heterocycles. The van der Waals surface area contributed by atoms with Crippen LogP contribution < -0.4 is 5.73 Å². The lowest BCUT2D eigenvalue weighted by molar-refractivity contribution is -0.156. The second-order valence-electron chi connectivity index (χ2n) is 10.2. The highest BCUT2D eigenvalue weighted by molar-refractivity contribution is 5.95. The van der Waals surface area contributed by atoms with Crippen molar-refractivity contribution in [2.45, 2.75) is 72.1 Å². The molecule has 0 aromatic carbocycles. The van der Waals surface area contributed by atoms with Gasteiger partial charge in [-0.15, -0.1) is 12.4 Å². The molecular formula is C23H37ClN2O3. The van der Waals surface area contributed by atoms with E-state index in [9.17, 15) is 9.59 Å². The molecule has 0 bridgehead atoms. The summed E-state index contributed by atoms with van der Waals surface area (Å²) in [5, 5.41) is 4.40. The van der Waals surface area contributed by atoms with Crippen molar-refractivity contribution >= 4 is 29.7 Å². The Bertz CT molecular complexity index is 696. The van der Waals surface area contributed by atoms with E-state index in [-0.39, 0.29) is 35.1 Å². The minimum Gasteiger partial charge on any atom is -0.394 e. The number of halogens is 1. The number of hydrogen-bond donors (Lipinski definition) is 1. The van der Waals surface area contributed by atoms with E-state index < -0.39 is 0 Å². The Balaban J connectivity index is 0.00000240. The number of ketones is 2. The third kappa shape index (κ3) is 3.37. The molecule has 4 rings (SSSR count). The molecular weight excluding hydrogens is 388 g/mol. The molecule has 0 heterocycles. The van der Waals surface area contributed by atoms with Gasteiger partial charge in [0.05, 0.1) is 5.71 Å². The van der Waals surface area contributed by atoms with Crippen molar-refractivity contribution < 1.29 is 14.4 Å². The Morgan fingerprint density at radius 2 is 1.90 bits per heavy atom. The second kappa shape index (κ2) is 8.30. The summed E-state index contributed by atoms with van der Waals surface area (Å²) < 4.78 is 0. The van der Waals surface area contributed by atoms with Gasteiger partial charge in [-0.1, -0.05) is 25.9 Å². The fourth-order valence-corrected chi connectivity index (χ4v) is 7.69. The van der Waals surface area contributed by atoms with Crippen molar-refractivity contribution in [2.24, 2.45) is 51.3 Å². The molecule has 164 valence electrons. The summed E-state index contributed by atoms with van der Waals surface area (Å²) in [6, 6.07) is 0. The molecule has 0 spiro atoms. The summed E-state index contributed by atoms with van der Waals surface area (Å²) in [5.74, 6) is 2.44. The first kappa shape index (κ1) is 22.7. The first-order valence-electron chi connectivity index (χ1n) is 11.3. The summed E-state index contributed by atoms with van der Waals surface area (Å²) in [4.78, 5) is 31.5. The van der Waals surface area contributed by atoms with Crippen molar-refractivity contribution in [1.29, 1.82) is 0 Å². The molecule has 0 aromatic rings. The third-order valence-electron chi connectivity index (χ3n) is 9.07. The Hall–Kier alpha value is -0.940. The number of nitrogens with two attached hydrogens (primary N) is 1. The van der Waals surface area contributed by atoms with Crippen molar-refractivity contribution in [2.75, 3.05) is 13.2 Å². The molecule has 4 fully saturated rings. The molecule has 0 radical (unpaired) electrons. The first-order valence-corrected chi connectivity index (χ1v) is 11.3. The first-order chi connectivity index (χ1) is 13.4. The average Bonchev–Trinajstić information content (AvgIpc) is 2.97. The number of carbonyl (C=O) groups is 2. The highest BCUT2D eigenvalue weighted by Gasteiger charge is 2.63. The van der Waals surface area contributed by atoms with Crippen molar-refractivity contribution in [3.05, 3.63) is 0 Å². The van der Waals surface area contributed by atoms with Crippen LogP contribution in [0, 0.1) is 40.4 Å². The van der Waals surface area contributed by atoms with Gasteiger partial charge < -0.3 is 10.6 Å².